The van der Waals surface area contributed by atoms with Gasteiger partial charge in [0, 0.05) is 0 Å². The van der Waals surface area contributed by atoms with Crippen molar-refractivity contribution >= 4 is 0 Å². The molecule has 0 aromatic rings. The van der Waals surface area contributed by atoms with Crippen molar-refractivity contribution in [3.8, 4) is 0 Å². The van der Waals surface area contributed by atoms with Gasteiger partial charge in [0.2, 0.25) is 0 Å². The van der Waals surface area contributed by atoms with Crippen LogP contribution in [0.25, 0.3) is 0 Å². The molecule has 0 bridgehead atoms. The van der Waals surface area contributed by atoms with Crippen molar-refractivity contribution < 1.29 is 17.1 Å². The van der Waals surface area contributed by atoms with Crippen LogP contribution < -0.4 is 0 Å². The second-order valence-electron chi connectivity index (χ2n) is 3.12. The smallest absolute Gasteiger partial charge is 0.343 e. The summed E-state index contributed by atoms with van der Waals surface area (Å²) in [6.45, 7) is 11.9. The Morgan fingerprint density at radius 1 is 0.692 bits per heavy atom. The van der Waals surface area contributed by atoms with Crippen LogP contribution in [0.3, 0.4) is 0 Å². The summed E-state index contributed by atoms with van der Waals surface area (Å²) in [7, 11) is 0. The molecule has 0 amide bonds. The summed E-state index contributed by atoms with van der Waals surface area (Å²) < 4.78 is 0. The predicted molar refractivity (Wildman–Crippen MR) is 59.0 cm³/mol. The maximum Gasteiger partial charge on any atom is 2.00 e. The van der Waals surface area contributed by atoms with Gasteiger partial charge in [0.25, 0.3) is 0 Å². The molecule has 0 saturated carbocycles. The molecule has 1 radical (unpaired) electrons. The van der Waals surface area contributed by atoms with Crippen LogP contribution in [0, 0.1) is 13.8 Å². The Kier molecular flexibility index (Phi) is 33.7. The Bertz CT molecular complexity index is 37.1. The fraction of sp³-hybridized carbons (Fsp3) is 0.833. The molecule has 1 heteroatoms. The molecule has 0 N–H and O–H groups in total. The van der Waals surface area contributed by atoms with E-state index in [0.717, 1.165) is 12.8 Å². The normalized spacial score (nSPS) is 8.31. The van der Waals surface area contributed by atoms with Crippen molar-refractivity contribution in [1.82, 2.24) is 0 Å². The SMILES string of the molecule is [CH2-]CCCCC.[CH2-]CCCCC.[Cu+2]. The van der Waals surface area contributed by atoms with Crippen LogP contribution in [0.5, 0.6) is 0 Å². The minimum absolute atomic E-state index is 0. The molecule has 0 unspecified atom stereocenters. The van der Waals surface area contributed by atoms with E-state index in [2.05, 4.69) is 27.7 Å². The number of unbranched alkanes of at least 4 members (excludes halogenated alkanes) is 6. The molecule has 0 rings (SSSR count). The summed E-state index contributed by atoms with van der Waals surface area (Å²) in [5, 5.41) is 0. The Morgan fingerprint density at radius 2 is 1.00 bits per heavy atom. The Hall–Kier alpha value is 0.519. The Labute approximate surface area is 96.4 Å². The van der Waals surface area contributed by atoms with E-state index >= 15 is 0 Å². The fourth-order valence-electron chi connectivity index (χ4n) is 0.854. The van der Waals surface area contributed by atoms with Crippen molar-refractivity contribution in [1.29, 1.82) is 0 Å². The summed E-state index contributed by atoms with van der Waals surface area (Å²) in [6, 6.07) is 0. The third-order valence-electron chi connectivity index (χ3n) is 1.71. The van der Waals surface area contributed by atoms with Gasteiger partial charge in [-0.2, -0.15) is 12.8 Å². The molecule has 0 aliphatic carbocycles. The minimum atomic E-state index is 0. The van der Waals surface area contributed by atoms with Gasteiger partial charge in [0.15, 0.2) is 0 Å². The van der Waals surface area contributed by atoms with Gasteiger partial charge in [-0.3, -0.25) is 0 Å². The van der Waals surface area contributed by atoms with E-state index in [1.165, 1.54) is 38.5 Å². The first-order chi connectivity index (χ1) is 5.83. The van der Waals surface area contributed by atoms with Crippen molar-refractivity contribution in [3.05, 3.63) is 13.8 Å². The molecule has 0 aliphatic heterocycles. The zero-order valence-electron chi connectivity index (χ0n) is 9.37. The minimum Gasteiger partial charge on any atom is -0.343 e. The Morgan fingerprint density at radius 3 is 1.08 bits per heavy atom. The van der Waals surface area contributed by atoms with Crippen LogP contribution in [0.15, 0.2) is 0 Å². The number of hydrogen-bond donors (Lipinski definition) is 0. The molecule has 0 fully saturated rings. The second-order valence-corrected chi connectivity index (χ2v) is 3.12. The van der Waals surface area contributed by atoms with Crippen molar-refractivity contribution in [3.63, 3.8) is 0 Å². The van der Waals surface area contributed by atoms with Gasteiger partial charge < -0.3 is 13.8 Å². The van der Waals surface area contributed by atoms with Crippen molar-refractivity contribution in [2.45, 2.75) is 65.2 Å². The molecule has 0 atom stereocenters. The standard InChI is InChI=1S/2C6H13.Cu/c2*1-3-5-6-4-2;/h2*1,3-6H2,2H3;/q2*-1;+2. The summed E-state index contributed by atoms with van der Waals surface area (Å²) in [5.41, 5.74) is 0. The molecule has 13 heavy (non-hydrogen) atoms. The molecule has 0 spiro atoms. The average Bonchev–Trinajstić information content (AvgIpc) is 2.12. The van der Waals surface area contributed by atoms with Gasteiger partial charge in [-0.1, -0.05) is 52.4 Å². The van der Waals surface area contributed by atoms with E-state index < -0.39 is 0 Å². The van der Waals surface area contributed by atoms with Crippen molar-refractivity contribution in [2.24, 2.45) is 0 Å². The van der Waals surface area contributed by atoms with Gasteiger partial charge in [-0.15, -0.1) is 0 Å². The summed E-state index contributed by atoms with van der Waals surface area (Å²) in [5.74, 6) is 0. The van der Waals surface area contributed by atoms with Crippen LogP contribution in [-0.4, -0.2) is 0 Å². The zero-order chi connectivity index (χ0) is 9.66. The molecular formula is C12H26Cu. The molecule has 0 aromatic carbocycles. The Balaban J connectivity index is -0.000000143. The first kappa shape index (κ1) is 19.1. The van der Waals surface area contributed by atoms with E-state index in [1.807, 2.05) is 0 Å². The van der Waals surface area contributed by atoms with Crippen molar-refractivity contribution in [2.75, 3.05) is 0 Å². The first-order valence-corrected chi connectivity index (χ1v) is 5.41. The van der Waals surface area contributed by atoms with Gasteiger partial charge in [0.05, 0.1) is 0 Å². The first-order valence-electron chi connectivity index (χ1n) is 5.41. The van der Waals surface area contributed by atoms with Gasteiger partial charge in [-0.25, -0.2) is 0 Å². The van der Waals surface area contributed by atoms with E-state index in [1.54, 1.807) is 0 Å². The van der Waals surface area contributed by atoms with Crippen LogP contribution in [0.1, 0.15) is 65.2 Å². The number of rotatable bonds is 6. The van der Waals surface area contributed by atoms with E-state index in [-0.39, 0.29) is 17.1 Å². The molecular weight excluding hydrogens is 208 g/mol. The quantitative estimate of drug-likeness (QED) is 0.351. The molecule has 0 aliphatic rings. The van der Waals surface area contributed by atoms with Crippen LogP contribution in [0.4, 0.5) is 0 Å². The van der Waals surface area contributed by atoms with Crippen LogP contribution in [-0.2, 0) is 17.1 Å². The zero-order valence-corrected chi connectivity index (χ0v) is 10.3. The summed E-state index contributed by atoms with van der Waals surface area (Å²) >= 11 is 0. The maximum atomic E-state index is 3.72. The average molecular weight is 234 g/mol. The van der Waals surface area contributed by atoms with Crippen LogP contribution in [0.2, 0.25) is 0 Å². The van der Waals surface area contributed by atoms with E-state index in [9.17, 15) is 0 Å². The third kappa shape index (κ3) is 32.6. The third-order valence-corrected chi connectivity index (χ3v) is 1.71. The van der Waals surface area contributed by atoms with Crippen LogP contribution >= 0.6 is 0 Å². The number of hydrogen-bond acceptors (Lipinski definition) is 0. The summed E-state index contributed by atoms with van der Waals surface area (Å²) in [6.07, 6.45) is 10.1. The molecule has 0 aromatic heterocycles. The fourth-order valence-corrected chi connectivity index (χ4v) is 0.854. The molecule has 85 valence electrons. The largest absolute Gasteiger partial charge is 2.00 e. The second kappa shape index (κ2) is 22.9. The summed E-state index contributed by atoms with van der Waals surface area (Å²) in [4.78, 5) is 0. The van der Waals surface area contributed by atoms with E-state index in [0.29, 0.717) is 0 Å². The predicted octanol–water partition coefficient (Wildman–Crippen LogP) is 4.80. The molecule has 0 heterocycles. The van der Waals surface area contributed by atoms with Gasteiger partial charge in [-0.05, 0) is 0 Å². The molecule has 0 saturated heterocycles. The van der Waals surface area contributed by atoms with Gasteiger partial charge >= 0.3 is 17.1 Å². The topological polar surface area (TPSA) is 0 Å². The van der Waals surface area contributed by atoms with E-state index in [4.69, 9.17) is 0 Å². The monoisotopic (exact) mass is 233 g/mol. The maximum absolute atomic E-state index is 3.72. The van der Waals surface area contributed by atoms with Gasteiger partial charge in [0.1, 0.15) is 0 Å². The molecule has 0 nitrogen and oxygen atoms in total.